The first-order valence-electron chi connectivity index (χ1n) is 13.9. The van der Waals surface area contributed by atoms with Gasteiger partial charge in [0.2, 0.25) is 0 Å². The topological polar surface area (TPSA) is 99.7 Å². The minimum Gasteiger partial charge on any atom is -0.393 e. The summed E-state index contributed by atoms with van der Waals surface area (Å²) in [4.78, 5) is 9.63. The number of fused-ring (bicyclic) bond motifs is 2. The predicted molar refractivity (Wildman–Crippen MR) is 149 cm³/mol. The van der Waals surface area contributed by atoms with Gasteiger partial charge in [0.15, 0.2) is 5.65 Å². The number of aromatic nitrogens is 4. The lowest BCUT2D eigenvalue weighted by Gasteiger charge is -2.27. The number of hydrogen-bond acceptors (Lipinski definition) is 6. The van der Waals surface area contributed by atoms with Crippen LogP contribution >= 0.6 is 0 Å². The highest BCUT2D eigenvalue weighted by molar-refractivity contribution is 5.96. The molecule has 0 atom stereocenters. The van der Waals surface area contributed by atoms with Gasteiger partial charge >= 0.3 is 0 Å². The van der Waals surface area contributed by atoms with Crippen LogP contribution in [0.3, 0.4) is 0 Å². The summed E-state index contributed by atoms with van der Waals surface area (Å²) >= 11 is 0. The molecule has 0 saturated heterocycles. The Morgan fingerprint density at radius 2 is 1.87 bits per heavy atom. The van der Waals surface area contributed by atoms with Crippen LogP contribution in [0.15, 0.2) is 42.7 Å². The largest absolute Gasteiger partial charge is 0.393 e. The molecule has 0 aliphatic heterocycles. The smallest absolute Gasteiger partial charge is 0.163 e. The van der Waals surface area contributed by atoms with Crippen molar-refractivity contribution in [3.8, 4) is 22.9 Å². The highest BCUT2D eigenvalue weighted by atomic mass is 16.3. The Balaban J connectivity index is 1.45. The molecule has 194 valence electrons. The zero-order chi connectivity index (χ0) is 26.2. The van der Waals surface area contributed by atoms with Gasteiger partial charge in [0.05, 0.1) is 34.1 Å². The maximum atomic E-state index is 9.89. The van der Waals surface area contributed by atoms with Crippen LogP contribution in [0.1, 0.15) is 80.8 Å². The van der Waals surface area contributed by atoms with E-state index in [9.17, 15) is 10.4 Å². The quantitative estimate of drug-likeness (QED) is 0.341. The molecule has 1 fully saturated rings. The number of nitrogens with zero attached hydrogens (tertiary/aromatic N) is 5. The van der Waals surface area contributed by atoms with Crippen LogP contribution in [0.5, 0.6) is 0 Å². The lowest BCUT2D eigenvalue weighted by Crippen LogP contribution is -2.28. The molecule has 0 bridgehead atoms. The van der Waals surface area contributed by atoms with Gasteiger partial charge in [-0.25, -0.2) is 9.67 Å². The molecular formula is C31H34N6O. The molecule has 2 aliphatic rings. The Labute approximate surface area is 223 Å². The molecule has 0 radical (unpaired) electrons. The third-order valence-electron chi connectivity index (χ3n) is 8.05. The van der Waals surface area contributed by atoms with E-state index < -0.39 is 0 Å². The van der Waals surface area contributed by atoms with Gasteiger partial charge in [-0.05, 0) is 98.7 Å². The molecule has 2 aliphatic carbocycles. The van der Waals surface area contributed by atoms with Gasteiger partial charge in [-0.15, -0.1) is 0 Å². The summed E-state index contributed by atoms with van der Waals surface area (Å²) in [5.41, 5.74) is 8.89. The molecule has 3 heterocycles. The second-order valence-electron chi connectivity index (χ2n) is 11.0. The number of nitrogens with one attached hydrogen (secondary N) is 1. The lowest BCUT2D eigenvalue weighted by atomic mass is 9.92. The number of nitriles is 1. The second kappa shape index (κ2) is 10.2. The van der Waals surface area contributed by atoms with E-state index in [1.807, 2.05) is 35.3 Å². The maximum Gasteiger partial charge on any atom is 0.163 e. The van der Waals surface area contributed by atoms with Crippen LogP contribution in [-0.2, 0) is 12.8 Å². The van der Waals surface area contributed by atoms with E-state index >= 15 is 0 Å². The molecular weight excluding hydrogens is 472 g/mol. The molecule has 38 heavy (non-hydrogen) atoms. The highest BCUT2D eigenvalue weighted by Gasteiger charge is 2.23. The van der Waals surface area contributed by atoms with Crippen LogP contribution in [0, 0.1) is 11.3 Å². The average Bonchev–Trinajstić information content (AvgIpc) is 3.34. The van der Waals surface area contributed by atoms with Crippen LogP contribution in [0.2, 0.25) is 0 Å². The minimum absolute atomic E-state index is 0.205. The van der Waals surface area contributed by atoms with Crippen molar-refractivity contribution < 1.29 is 5.11 Å². The SMILES string of the molecule is CC(C)c1nn(-c2ccc(C#N)c(NC3CCC(O)CC3)c2)c2nccc(-c3cnc4c(c3)CCCC4)c12. The summed E-state index contributed by atoms with van der Waals surface area (Å²) in [7, 11) is 0. The molecule has 4 aromatic rings. The number of aryl methyl sites for hydroxylation is 2. The summed E-state index contributed by atoms with van der Waals surface area (Å²) in [6.07, 6.45) is 11.6. The van der Waals surface area contributed by atoms with Crippen LogP contribution in [0.25, 0.3) is 27.8 Å². The van der Waals surface area contributed by atoms with Gasteiger partial charge in [0, 0.05) is 29.7 Å². The zero-order valence-electron chi connectivity index (χ0n) is 22.1. The van der Waals surface area contributed by atoms with Gasteiger partial charge in [0.1, 0.15) is 6.07 Å². The molecule has 3 aromatic heterocycles. The first-order chi connectivity index (χ1) is 18.5. The molecule has 7 nitrogen and oxygen atoms in total. The van der Waals surface area contributed by atoms with Gasteiger partial charge in [-0.2, -0.15) is 10.4 Å². The Hall–Kier alpha value is -3.76. The molecule has 2 N–H and O–H groups in total. The van der Waals surface area contributed by atoms with Gasteiger partial charge < -0.3 is 10.4 Å². The number of anilines is 1. The van der Waals surface area contributed by atoms with Gasteiger partial charge in [0.25, 0.3) is 0 Å². The van der Waals surface area contributed by atoms with Crippen molar-refractivity contribution >= 4 is 16.7 Å². The number of rotatable bonds is 5. The number of aliphatic hydroxyl groups excluding tert-OH is 1. The lowest BCUT2D eigenvalue weighted by molar-refractivity contribution is 0.126. The Bertz CT molecular complexity index is 1520. The third-order valence-corrected chi connectivity index (χ3v) is 8.05. The number of aliphatic hydroxyl groups is 1. The van der Waals surface area contributed by atoms with E-state index in [4.69, 9.17) is 15.1 Å². The second-order valence-corrected chi connectivity index (χ2v) is 11.0. The molecule has 6 rings (SSSR count). The summed E-state index contributed by atoms with van der Waals surface area (Å²) in [6, 6.07) is 12.8. The average molecular weight is 507 g/mol. The first-order valence-corrected chi connectivity index (χ1v) is 13.9. The summed E-state index contributed by atoms with van der Waals surface area (Å²) < 4.78 is 1.91. The van der Waals surface area contributed by atoms with Crippen molar-refractivity contribution in [2.24, 2.45) is 0 Å². The Kier molecular flexibility index (Phi) is 6.59. The normalized spacial score (nSPS) is 19.3. The van der Waals surface area contributed by atoms with Gasteiger partial charge in [-0.3, -0.25) is 4.98 Å². The van der Waals surface area contributed by atoms with Crippen LogP contribution in [0.4, 0.5) is 5.69 Å². The Morgan fingerprint density at radius 1 is 1.05 bits per heavy atom. The van der Waals surface area contributed by atoms with E-state index in [0.717, 1.165) is 77.8 Å². The van der Waals surface area contributed by atoms with Crippen molar-refractivity contribution in [3.63, 3.8) is 0 Å². The molecule has 0 unspecified atom stereocenters. The number of pyridine rings is 2. The maximum absolute atomic E-state index is 9.89. The van der Waals surface area contributed by atoms with Crippen LogP contribution < -0.4 is 5.32 Å². The third kappa shape index (κ3) is 4.54. The zero-order valence-corrected chi connectivity index (χ0v) is 22.1. The Morgan fingerprint density at radius 3 is 2.66 bits per heavy atom. The van der Waals surface area contributed by atoms with E-state index in [-0.39, 0.29) is 18.1 Å². The number of hydrogen-bond donors (Lipinski definition) is 2. The van der Waals surface area contributed by atoms with E-state index in [0.29, 0.717) is 5.56 Å². The molecule has 1 aromatic carbocycles. The summed E-state index contributed by atoms with van der Waals surface area (Å²) in [5.74, 6) is 0.205. The van der Waals surface area contributed by atoms with Crippen molar-refractivity contribution in [3.05, 3.63) is 65.2 Å². The van der Waals surface area contributed by atoms with E-state index in [1.165, 1.54) is 24.1 Å². The van der Waals surface area contributed by atoms with Gasteiger partial charge in [-0.1, -0.05) is 13.8 Å². The van der Waals surface area contributed by atoms with Crippen molar-refractivity contribution in [1.82, 2.24) is 19.7 Å². The van der Waals surface area contributed by atoms with Crippen molar-refractivity contribution in [2.75, 3.05) is 5.32 Å². The standard InChI is InChI=1S/C31H34N6O/c1-19(2)30-29-26(22-15-20-5-3-4-6-27(20)34-18-22)13-14-33-31(29)37(36-30)24-10-7-21(17-32)28(16-24)35-23-8-11-25(38)12-9-23/h7,10,13-16,18-19,23,25,35,38H,3-6,8-9,11-12H2,1-2H3. The molecule has 0 spiro atoms. The summed E-state index contributed by atoms with van der Waals surface area (Å²) in [6.45, 7) is 4.33. The molecule has 0 amide bonds. The van der Waals surface area contributed by atoms with Crippen molar-refractivity contribution in [2.45, 2.75) is 83.3 Å². The fraction of sp³-hybridized carbons (Fsp3) is 0.419. The fourth-order valence-electron chi connectivity index (χ4n) is 5.95. The minimum atomic E-state index is -0.217. The number of benzene rings is 1. The summed E-state index contributed by atoms with van der Waals surface area (Å²) in [5, 5.41) is 29.4. The van der Waals surface area contributed by atoms with E-state index in [1.54, 1.807) is 0 Å². The van der Waals surface area contributed by atoms with Crippen LogP contribution in [-0.4, -0.2) is 37.0 Å². The predicted octanol–water partition coefficient (Wildman–Crippen LogP) is 6.07. The monoisotopic (exact) mass is 506 g/mol. The van der Waals surface area contributed by atoms with Crippen molar-refractivity contribution in [1.29, 1.82) is 5.26 Å². The first kappa shape index (κ1) is 24.6. The molecule has 1 saturated carbocycles. The molecule has 7 heteroatoms. The van der Waals surface area contributed by atoms with E-state index in [2.05, 4.69) is 37.4 Å². The highest BCUT2D eigenvalue weighted by Crippen LogP contribution is 2.36. The fourth-order valence-corrected chi connectivity index (χ4v) is 5.95.